The predicted molar refractivity (Wildman–Crippen MR) is 121 cm³/mol. The van der Waals surface area contributed by atoms with E-state index in [4.69, 9.17) is 0 Å². The molecule has 0 saturated carbocycles. The van der Waals surface area contributed by atoms with Gasteiger partial charge in [0, 0.05) is 18.5 Å². The zero-order valence-electron chi connectivity index (χ0n) is 19.2. The Morgan fingerprint density at radius 2 is 1.67 bits per heavy atom. The van der Waals surface area contributed by atoms with E-state index in [1.165, 1.54) is 18.3 Å². The summed E-state index contributed by atoms with van der Waals surface area (Å²) < 4.78 is 80.6. The number of benzene rings is 2. The Morgan fingerprint density at radius 3 is 2.25 bits per heavy atom. The maximum absolute atomic E-state index is 13.9. The molecule has 11 heteroatoms. The van der Waals surface area contributed by atoms with Gasteiger partial charge in [0.1, 0.15) is 5.82 Å². The Kier molecular flexibility index (Phi) is 7.01. The summed E-state index contributed by atoms with van der Waals surface area (Å²) in [6.45, 7) is 1.96. The van der Waals surface area contributed by atoms with Crippen LogP contribution >= 0.6 is 0 Å². The lowest BCUT2D eigenvalue weighted by atomic mass is 9.95. The molecule has 1 aliphatic rings. The van der Waals surface area contributed by atoms with Gasteiger partial charge in [0.25, 0.3) is 0 Å². The van der Waals surface area contributed by atoms with Crippen LogP contribution in [0.25, 0.3) is 0 Å². The monoisotopic (exact) mass is 510 g/mol. The molecule has 3 aromatic rings. The molecule has 1 aliphatic heterocycles. The minimum absolute atomic E-state index is 0.0224. The Morgan fingerprint density at radius 1 is 1.03 bits per heavy atom. The summed E-state index contributed by atoms with van der Waals surface area (Å²) in [6.07, 6.45) is -7.44. The molecule has 0 radical (unpaired) electrons. The van der Waals surface area contributed by atoms with Crippen LogP contribution in [0.15, 0.2) is 54.7 Å². The highest BCUT2D eigenvalue weighted by Gasteiger charge is 2.47. The van der Waals surface area contributed by atoms with Crippen LogP contribution in [0.2, 0.25) is 0 Å². The van der Waals surface area contributed by atoms with E-state index < -0.39 is 35.9 Å². The number of rotatable bonds is 6. The molecule has 1 aromatic heterocycles. The molecule has 0 spiro atoms. The number of amides is 1. The zero-order chi connectivity index (χ0) is 26.1. The molecule has 2 heterocycles. The highest BCUT2D eigenvalue weighted by Crippen LogP contribution is 2.44. The number of anilines is 1. The van der Waals surface area contributed by atoms with E-state index in [9.17, 15) is 31.1 Å². The van der Waals surface area contributed by atoms with Gasteiger partial charge in [0.05, 0.1) is 24.2 Å². The lowest BCUT2D eigenvalue weighted by Crippen LogP contribution is -2.36. The lowest BCUT2D eigenvalue weighted by molar-refractivity contribution is -0.173. The van der Waals surface area contributed by atoms with Crippen molar-refractivity contribution in [1.82, 2.24) is 15.1 Å². The number of carbonyl (C=O) groups excluding carboxylic acids is 1. The molecule has 0 aliphatic carbocycles. The Labute approximate surface area is 203 Å². The Bertz CT molecular complexity index is 1200. The summed E-state index contributed by atoms with van der Waals surface area (Å²) in [7, 11) is 0. The molecule has 0 saturated heterocycles. The first-order chi connectivity index (χ1) is 17.0. The van der Waals surface area contributed by atoms with Crippen molar-refractivity contribution in [2.24, 2.45) is 0 Å². The maximum Gasteiger partial charge on any atom is 0.416 e. The third-order valence-corrected chi connectivity index (χ3v) is 6.23. The average molecular weight is 510 g/mol. The van der Waals surface area contributed by atoms with Gasteiger partial charge < -0.3 is 10.6 Å². The normalized spacial score (nSPS) is 17.9. The van der Waals surface area contributed by atoms with Crippen LogP contribution in [0, 0.1) is 0 Å². The maximum atomic E-state index is 13.9. The van der Waals surface area contributed by atoms with Crippen molar-refractivity contribution in [3.63, 3.8) is 0 Å². The molecule has 1 amide bonds. The van der Waals surface area contributed by atoms with Crippen LogP contribution in [0.4, 0.5) is 32.2 Å². The summed E-state index contributed by atoms with van der Waals surface area (Å²) in [5, 5.41) is 9.62. The van der Waals surface area contributed by atoms with Crippen molar-refractivity contribution in [3.05, 3.63) is 82.5 Å². The fraction of sp³-hybridized carbons (Fsp3) is 0.360. The molecule has 2 aromatic carbocycles. The smallest absolute Gasteiger partial charge is 0.363 e. The summed E-state index contributed by atoms with van der Waals surface area (Å²) >= 11 is 0. The Hall–Kier alpha value is -3.50. The standard InChI is InChI=1S/C25H24F6N4O/c1-2-15-3-7-17(8-4-15)20-12-21(25(29,30)31)35-23(34-20)18(14-33-35)11-22(36)32-13-16-5-9-19(10-6-16)24(26,27)28/h3-10,14,20-21,34H,2,11-13H2,1H3,(H,32,36)/t20-,21+/m0/s1. The van der Waals surface area contributed by atoms with E-state index in [0.717, 1.165) is 28.8 Å². The molecule has 0 bridgehead atoms. The van der Waals surface area contributed by atoms with E-state index in [1.807, 2.05) is 19.1 Å². The molecule has 0 fully saturated rings. The third-order valence-electron chi connectivity index (χ3n) is 6.23. The Balaban J connectivity index is 1.48. The number of aryl methyl sites for hydroxylation is 1. The van der Waals surface area contributed by atoms with Crippen LogP contribution in [0.3, 0.4) is 0 Å². The fourth-order valence-electron chi connectivity index (χ4n) is 4.19. The van der Waals surface area contributed by atoms with Crippen molar-refractivity contribution < 1.29 is 31.1 Å². The molecule has 192 valence electrons. The van der Waals surface area contributed by atoms with Gasteiger partial charge in [-0.1, -0.05) is 43.3 Å². The van der Waals surface area contributed by atoms with Gasteiger partial charge >= 0.3 is 12.4 Å². The number of hydrogen-bond donors (Lipinski definition) is 2. The molecule has 0 unspecified atom stereocenters. The average Bonchev–Trinajstić information content (AvgIpc) is 3.23. The number of halogens is 6. The van der Waals surface area contributed by atoms with Crippen molar-refractivity contribution in [3.8, 4) is 0 Å². The molecule has 36 heavy (non-hydrogen) atoms. The summed E-state index contributed by atoms with van der Waals surface area (Å²) in [6, 6.07) is 9.23. The van der Waals surface area contributed by atoms with E-state index in [2.05, 4.69) is 15.7 Å². The number of nitrogens with zero attached hydrogens (tertiary/aromatic N) is 2. The van der Waals surface area contributed by atoms with Gasteiger partial charge in [-0.2, -0.15) is 31.4 Å². The van der Waals surface area contributed by atoms with Crippen LogP contribution < -0.4 is 10.6 Å². The number of alkyl halides is 6. The van der Waals surface area contributed by atoms with Crippen molar-refractivity contribution in [1.29, 1.82) is 0 Å². The van der Waals surface area contributed by atoms with E-state index in [0.29, 0.717) is 16.7 Å². The number of aromatic nitrogens is 2. The second-order valence-electron chi connectivity index (χ2n) is 8.70. The van der Waals surface area contributed by atoms with Crippen molar-refractivity contribution in [2.75, 3.05) is 5.32 Å². The van der Waals surface area contributed by atoms with Crippen molar-refractivity contribution in [2.45, 2.75) is 57.2 Å². The molecular formula is C25H24F6N4O. The van der Waals surface area contributed by atoms with Crippen LogP contribution in [-0.4, -0.2) is 21.9 Å². The summed E-state index contributed by atoms with van der Waals surface area (Å²) in [4.78, 5) is 12.5. The second-order valence-corrected chi connectivity index (χ2v) is 8.70. The third kappa shape index (κ3) is 5.66. The first kappa shape index (κ1) is 25.6. The summed E-state index contributed by atoms with van der Waals surface area (Å²) in [5.74, 6) is -0.372. The van der Waals surface area contributed by atoms with Gasteiger partial charge in [-0.15, -0.1) is 0 Å². The number of nitrogens with one attached hydrogen (secondary N) is 2. The first-order valence-corrected chi connectivity index (χ1v) is 11.4. The topological polar surface area (TPSA) is 59.0 Å². The van der Waals surface area contributed by atoms with E-state index >= 15 is 0 Å². The quantitative estimate of drug-likeness (QED) is 0.401. The summed E-state index contributed by atoms with van der Waals surface area (Å²) in [5.41, 5.74) is 1.72. The second kappa shape index (κ2) is 9.87. The van der Waals surface area contributed by atoms with Gasteiger partial charge in [-0.05, 0) is 35.2 Å². The predicted octanol–water partition coefficient (Wildman–Crippen LogP) is 5.98. The molecule has 2 N–H and O–H groups in total. The zero-order valence-corrected chi connectivity index (χ0v) is 19.2. The van der Waals surface area contributed by atoms with Crippen LogP contribution in [0.5, 0.6) is 0 Å². The number of fused-ring (bicyclic) bond motifs is 1. The van der Waals surface area contributed by atoms with E-state index in [1.54, 1.807) is 12.1 Å². The first-order valence-electron chi connectivity index (χ1n) is 11.4. The highest BCUT2D eigenvalue weighted by molar-refractivity contribution is 5.80. The van der Waals surface area contributed by atoms with Gasteiger partial charge in [-0.3, -0.25) is 4.79 Å². The number of carbonyl (C=O) groups is 1. The SMILES string of the molecule is CCc1ccc([C@@H]2C[C@H](C(F)(F)F)n3ncc(CC(=O)NCc4ccc(C(F)(F)F)cc4)c3N2)cc1. The minimum Gasteiger partial charge on any atom is -0.363 e. The molecule has 4 rings (SSSR count). The lowest BCUT2D eigenvalue weighted by Gasteiger charge is -2.34. The fourth-order valence-corrected chi connectivity index (χ4v) is 4.19. The molecular weight excluding hydrogens is 486 g/mol. The van der Waals surface area contributed by atoms with Crippen LogP contribution in [-0.2, 0) is 30.4 Å². The number of hydrogen-bond acceptors (Lipinski definition) is 3. The van der Waals surface area contributed by atoms with E-state index in [-0.39, 0.29) is 25.2 Å². The largest absolute Gasteiger partial charge is 0.416 e. The molecule has 2 atom stereocenters. The minimum atomic E-state index is -4.54. The van der Waals surface area contributed by atoms with Gasteiger partial charge in [-0.25, -0.2) is 4.68 Å². The highest BCUT2D eigenvalue weighted by atomic mass is 19.4. The van der Waals surface area contributed by atoms with Crippen molar-refractivity contribution >= 4 is 11.7 Å². The molecule has 5 nitrogen and oxygen atoms in total. The van der Waals surface area contributed by atoms with Gasteiger partial charge in [0.2, 0.25) is 5.91 Å². The van der Waals surface area contributed by atoms with Crippen LogP contribution in [0.1, 0.15) is 53.2 Å². The van der Waals surface area contributed by atoms with Gasteiger partial charge in [0.15, 0.2) is 6.04 Å².